The average Bonchev–Trinajstić information content (AvgIpc) is 2.28. The first-order valence-electron chi connectivity index (χ1n) is 6.29. The number of amides is 3. The number of urea groups is 1. The van der Waals surface area contributed by atoms with Crippen molar-refractivity contribution < 1.29 is 9.59 Å². The lowest BCUT2D eigenvalue weighted by atomic mass is 9.96. The van der Waals surface area contributed by atoms with Crippen LogP contribution in [0.4, 0.5) is 4.79 Å². The Balaban J connectivity index is 2.30. The van der Waals surface area contributed by atoms with Crippen LogP contribution in [0.15, 0.2) is 0 Å². The van der Waals surface area contributed by atoms with Gasteiger partial charge in [0.1, 0.15) is 6.04 Å². The summed E-state index contributed by atoms with van der Waals surface area (Å²) in [7, 11) is 3.36. The Labute approximate surface area is 103 Å². The number of hydrogen-bond donors (Lipinski definition) is 2. The number of rotatable bonds is 3. The van der Waals surface area contributed by atoms with Crippen molar-refractivity contribution >= 4 is 11.9 Å². The molecule has 0 unspecified atom stereocenters. The van der Waals surface area contributed by atoms with Gasteiger partial charge in [-0.3, -0.25) is 4.79 Å². The van der Waals surface area contributed by atoms with Crippen molar-refractivity contribution in [2.45, 2.75) is 51.1 Å². The van der Waals surface area contributed by atoms with Crippen LogP contribution in [0, 0.1) is 0 Å². The first-order chi connectivity index (χ1) is 8.00. The molecule has 3 amide bonds. The molecule has 1 aliphatic carbocycles. The first kappa shape index (κ1) is 13.8. The maximum atomic E-state index is 11.7. The molecule has 0 aliphatic heterocycles. The number of hydrogen-bond acceptors (Lipinski definition) is 2. The van der Waals surface area contributed by atoms with Crippen LogP contribution in [0.1, 0.15) is 39.0 Å². The zero-order valence-corrected chi connectivity index (χ0v) is 11.0. The Hall–Kier alpha value is -1.26. The zero-order valence-electron chi connectivity index (χ0n) is 11.0. The van der Waals surface area contributed by atoms with Gasteiger partial charge < -0.3 is 15.5 Å². The van der Waals surface area contributed by atoms with E-state index >= 15 is 0 Å². The molecular formula is C12H23N3O2. The van der Waals surface area contributed by atoms with Crippen LogP contribution in [0.5, 0.6) is 0 Å². The fraction of sp³-hybridized carbons (Fsp3) is 0.833. The summed E-state index contributed by atoms with van der Waals surface area (Å²) < 4.78 is 0. The third kappa shape index (κ3) is 4.63. The minimum Gasteiger partial charge on any atom is -0.347 e. The predicted molar refractivity (Wildman–Crippen MR) is 66.7 cm³/mol. The van der Waals surface area contributed by atoms with Crippen molar-refractivity contribution in [3.63, 3.8) is 0 Å². The lowest BCUT2D eigenvalue weighted by molar-refractivity contribution is -0.130. The zero-order chi connectivity index (χ0) is 12.8. The van der Waals surface area contributed by atoms with Crippen LogP contribution < -0.4 is 10.6 Å². The molecule has 1 rings (SSSR count). The van der Waals surface area contributed by atoms with Gasteiger partial charge in [0.05, 0.1) is 0 Å². The predicted octanol–water partition coefficient (Wildman–Crippen LogP) is 1.09. The van der Waals surface area contributed by atoms with E-state index in [4.69, 9.17) is 0 Å². The normalized spacial score (nSPS) is 18.3. The Bertz CT molecular complexity index is 273. The molecule has 0 bridgehead atoms. The molecule has 0 heterocycles. The first-order valence-corrected chi connectivity index (χ1v) is 6.29. The van der Waals surface area contributed by atoms with Crippen LogP contribution in [-0.4, -0.2) is 43.0 Å². The molecular weight excluding hydrogens is 218 g/mol. The number of likely N-dealkylation sites (N-methyl/N-ethyl adjacent to an activating group) is 1. The second kappa shape index (κ2) is 6.47. The van der Waals surface area contributed by atoms with E-state index in [1.807, 2.05) is 0 Å². The molecule has 17 heavy (non-hydrogen) atoms. The minimum absolute atomic E-state index is 0.0937. The fourth-order valence-electron chi connectivity index (χ4n) is 2.12. The molecule has 1 fully saturated rings. The Morgan fingerprint density at radius 3 is 2.29 bits per heavy atom. The molecule has 5 heteroatoms. The van der Waals surface area contributed by atoms with Gasteiger partial charge in [0, 0.05) is 20.1 Å². The van der Waals surface area contributed by atoms with E-state index in [-0.39, 0.29) is 18.0 Å². The van der Waals surface area contributed by atoms with Gasteiger partial charge in [-0.15, -0.1) is 0 Å². The monoisotopic (exact) mass is 241 g/mol. The van der Waals surface area contributed by atoms with Crippen molar-refractivity contribution in [2.75, 3.05) is 14.1 Å². The summed E-state index contributed by atoms with van der Waals surface area (Å²) in [4.78, 5) is 24.7. The largest absolute Gasteiger partial charge is 0.347 e. The third-order valence-corrected chi connectivity index (χ3v) is 3.10. The van der Waals surface area contributed by atoms with Gasteiger partial charge in [-0.2, -0.15) is 0 Å². The third-order valence-electron chi connectivity index (χ3n) is 3.10. The highest BCUT2D eigenvalue weighted by atomic mass is 16.2. The number of nitrogens with one attached hydrogen (secondary N) is 2. The molecule has 0 aromatic carbocycles. The molecule has 98 valence electrons. The van der Waals surface area contributed by atoms with E-state index in [1.54, 1.807) is 21.0 Å². The van der Waals surface area contributed by atoms with E-state index in [0.29, 0.717) is 0 Å². The van der Waals surface area contributed by atoms with Crippen LogP contribution in [0.25, 0.3) is 0 Å². The number of carbonyl (C=O) groups is 2. The molecule has 1 aliphatic rings. The minimum atomic E-state index is -0.478. The molecule has 0 aromatic rings. The Kier molecular flexibility index (Phi) is 5.25. The maximum absolute atomic E-state index is 11.7. The van der Waals surface area contributed by atoms with Gasteiger partial charge in [-0.25, -0.2) is 4.79 Å². The summed E-state index contributed by atoms with van der Waals surface area (Å²) in [5, 5.41) is 5.59. The van der Waals surface area contributed by atoms with Crippen molar-refractivity contribution in [3.8, 4) is 0 Å². The van der Waals surface area contributed by atoms with Crippen molar-refractivity contribution in [2.24, 2.45) is 0 Å². The van der Waals surface area contributed by atoms with Crippen molar-refractivity contribution in [1.82, 2.24) is 15.5 Å². The quantitative estimate of drug-likeness (QED) is 0.777. The van der Waals surface area contributed by atoms with Gasteiger partial charge in [0.15, 0.2) is 0 Å². The van der Waals surface area contributed by atoms with E-state index in [2.05, 4.69) is 10.6 Å². The van der Waals surface area contributed by atoms with Gasteiger partial charge >= 0.3 is 6.03 Å². The van der Waals surface area contributed by atoms with E-state index in [9.17, 15) is 9.59 Å². The van der Waals surface area contributed by atoms with E-state index in [1.165, 1.54) is 24.2 Å². The average molecular weight is 241 g/mol. The Morgan fingerprint density at radius 2 is 1.76 bits per heavy atom. The van der Waals surface area contributed by atoms with Crippen LogP contribution in [0.2, 0.25) is 0 Å². The van der Waals surface area contributed by atoms with Crippen LogP contribution >= 0.6 is 0 Å². The maximum Gasteiger partial charge on any atom is 0.315 e. The van der Waals surface area contributed by atoms with Gasteiger partial charge in [-0.1, -0.05) is 19.3 Å². The molecule has 1 saturated carbocycles. The summed E-state index contributed by atoms with van der Waals surface area (Å²) in [5.41, 5.74) is 0. The summed E-state index contributed by atoms with van der Waals surface area (Å²) in [6.07, 6.45) is 5.70. The van der Waals surface area contributed by atoms with Crippen LogP contribution in [0.3, 0.4) is 0 Å². The SMILES string of the molecule is C[C@@H](NC(=O)NC1CCCCC1)C(=O)N(C)C. The van der Waals surface area contributed by atoms with E-state index < -0.39 is 6.04 Å². The topological polar surface area (TPSA) is 61.4 Å². The van der Waals surface area contributed by atoms with Gasteiger partial charge in [0.2, 0.25) is 5.91 Å². The standard InChI is InChI=1S/C12H23N3O2/c1-9(11(16)15(2)3)13-12(17)14-10-7-5-4-6-8-10/h9-10H,4-8H2,1-3H3,(H2,13,14,17)/t9-/m1/s1. The van der Waals surface area contributed by atoms with E-state index in [0.717, 1.165) is 12.8 Å². The number of carbonyl (C=O) groups excluding carboxylic acids is 2. The molecule has 5 nitrogen and oxygen atoms in total. The molecule has 0 saturated heterocycles. The molecule has 0 spiro atoms. The molecule has 2 N–H and O–H groups in total. The summed E-state index contributed by atoms with van der Waals surface area (Å²) >= 11 is 0. The number of nitrogens with zero attached hydrogens (tertiary/aromatic N) is 1. The second-order valence-electron chi connectivity index (χ2n) is 4.91. The summed E-state index contributed by atoms with van der Waals surface area (Å²) in [6, 6.07) is -0.446. The Morgan fingerprint density at radius 1 is 1.18 bits per heavy atom. The van der Waals surface area contributed by atoms with Gasteiger partial charge in [0.25, 0.3) is 0 Å². The second-order valence-corrected chi connectivity index (χ2v) is 4.91. The fourth-order valence-corrected chi connectivity index (χ4v) is 2.12. The highest BCUT2D eigenvalue weighted by Gasteiger charge is 2.20. The molecule has 1 atom stereocenters. The van der Waals surface area contributed by atoms with Crippen molar-refractivity contribution in [3.05, 3.63) is 0 Å². The van der Waals surface area contributed by atoms with Crippen molar-refractivity contribution in [1.29, 1.82) is 0 Å². The molecule has 0 aromatic heterocycles. The highest BCUT2D eigenvalue weighted by Crippen LogP contribution is 2.17. The smallest absolute Gasteiger partial charge is 0.315 e. The summed E-state index contributed by atoms with van der Waals surface area (Å²) in [5.74, 6) is -0.0937. The highest BCUT2D eigenvalue weighted by molar-refractivity contribution is 5.86. The van der Waals surface area contributed by atoms with Gasteiger partial charge in [-0.05, 0) is 19.8 Å². The molecule has 0 radical (unpaired) electrons. The lowest BCUT2D eigenvalue weighted by Crippen LogP contribution is -2.50. The lowest BCUT2D eigenvalue weighted by Gasteiger charge is -2.24. The van der Waals surface area contributed by atoms with Crippen LogP contribution in [-0.2, 0) is 4.79 Å². The summed E-state index contributed by atoms with van der Waals surface area (Å²) in [6.45, 7) is 1.70.